The number of anilines is 2. The van der Waals surface area contributed by atoms with Gasteiger partial charge in [0.1, 0.15) is 11.6 Å². The molecule has 1 aromatic heterocycles. The minimum Gasteiger partial charge on any atom is -0.496 e. The first-order chi connectivity index (χ1) is 9.10. The van der Waals surface area contributed by atoms with Crippen molar-refractivity contribution in [1.82, 2.24) is 4.98 Å². The lowest BCUT2D eigenvalue weighted by atomic mass is 10.2. The maximum atomic E-state index is 12.0. The minimum absolute atomic E-state index is 0.227. The summed E-state index contributed by atoms with van der Waals surface area (Å²) in [5, 5.41) is 2.73. The lowest BCUT2D eigenvalue weighted by molar-refractivity contribution is 0.102. The topological polar surface area (TPSA) is 77.2 Å². The minimum atomic E-state index is -0.227. The van der Waals surface area contributed by atoms with Gasteiger partial charge in [-0.05, 0) is 46.3 Å². The summed E-state index contributed by atoms with van der Waals surface area (Å²) < 4.78 is 5.83. The maximum absolute atomic E-state index is 12.0. The van der Waals surface area contributed by atoms with Crippen molar-refractivity contribution in [3.63, 3.8) is 0 Å². The molecular weight excluding hydrogens is 310 g/mol. The quantitative estimate of drug-likeness (QED) is 0.911. The van der Waals surface area contributed by atoms with Crippen molar-refractivity contribution in [2.75, 3.05) is 18.2 Å². The zero-order valence-electron chi connectivity index (χ0n) is 10.2. The van der Waals surface area contributed by atoms with Crippen LogP contribution in [0, 0.1) is 0 Å². The van der Waals surface area contributed by atoms with Gasteiger partial charge in [-0.25, -0.2) is 4.98 Å². The fourth-order valence-electron chi connectivity index (χ4n) is 1.49. The molecule has 0 spiro atoms. The van der Waals surface area contributed by atoms with E-state index in [4.69, 9.17) is 10.5 Å². The Balaban J connectivity index is 2.16. The van der Waals surface area contributed by atoms with Crippen molar-refractivity contribution < 1.29 is 9.53 Å². The summed E-state index contributed by atoms with van der Waals surface area (Å²) in [6, 6.07) is 8.42. The van der Waals surface area contributed by atoms with E-state index in [1.165, 1.54) is 6.20 Å². The zero-order chi connectivity index (χ0) is 13.8. The highest BCUT2D eigenvalue weighted by Crippen LogP contribution is 2.25. The molecule has 3 N–H and O–H groups in total. The molecule has 19 heavy (non-hydrogen) atoms. The number of nitrogens with one attached hydrogen (secondary N) is 1. The van der Waals surface area contributed by atoms with E-state index in [-0.39, 0.29) is 5.91 Å². The first-order valence-corrected chi connectivity index (χ1v) is 6.26. The van der Waals surface area contributed by atoms with Crippen LogP contribution in [-0.2, 0) is 0 Å². The van der Waals surface area contributed by atoms with Crippen molar-refractivity contribution >= 4 is 33.3 Å². The van der Waals surface area contributed by atoms with Crippen LogP contribution in [0.2, 0.25) is 0 Å². The van der Waals surface area contributed by atoms with Gasteiger partial charge in [0.2, 0.25) is 0 Å². The number of nitrogen functional groups attached to an aromatic ring is 1. The largest absolute Gasteiger partial charge is 0.496 e. The SMILES string of the molecule is COc1ccc(C(=O)Nc2ccc(N)nc2)cc1Br. The number of methoxy groups -OCH3 is 1. The first-order valence-electron chi connectivity index (χ1n) is 5.46. The number of hydrogen-bond donors (Lipinski definition) is 2. The number of carbonyl (C=O) groups excluding carboxylic acids is 1. The number of ether oxygens (including phenoxy) is 1. The third kappa shape index (κ3) is 3.23. The molecule has 1 heterocycles. The van der Waals surface area contributed by atoms with Crippen LogP contribution in [0.1, 0.15) is 10.4 Å². The van der Waals surface area contributed by atoms with Crippen LogP contribution in [0.4, 0.5) is 11.5 Å². The van der Waals surface area contributed by atoms with E-state index in [2.05, 4.69) is 26.2 Å². The van der Waals surface area contributed by atoms with Crippen molar-refractivity contribution in [3.05, 3.63) is 46.6 Å². The number of benzene rings is 1. The highest BCUT2D eigenvalue weighted by atomic mass is 79.9. The fraction of sp³-hybridized carbons (Fsp3) is 0.0769. The molecule has 1 aromatic carbocycles. The van der Waals surface area contributed by atoms with Gasteiger partial charge in [0.15, 0.2) is 0 Å². The standard InChI is InChI=1S/C13H12BrN3O2/c1-19-11-4-2-8(6-10(11)14)13(18)17-9-3-5-12(15)16-7-9/h2-7H,1H3,(H2,15,16)(H,17,18). The van der Waals surface area contributed by atoms with Crippen LogP contribution >= 0.6 is 15.9 Å². The van der Waals surface area contributed by atoms with Crippen LogP contribution < -0.4 is 15.8 Å². The Kier molecular flexibility index (Phi) is 4.01. The van der Waals surface area contributed by atoms with Gasteiger partial charge >= 0.3 is 0 Å². The van der Waals surface area contributed by atoms with E-state index in [0.717, 1.165) is 4.47 Å². The van der Waals surface area contributed by atoms with Crippen molar-refractivity contribution in [1.29, 1.82) is 0 Å². The smallest absolute Gasteiger partial charge is 0.255 e. The number of aromatic nitrogens is 1. The Morgan fingerprint density at radius 1 is 1.37 bits per heavy atom. The first kappa shape index (κ1) is 13.4. The van der Waals surface area contributed by atoms with E-state index in [0.29, 0.717) is 22.8 Å². The van der Waals surface area contributed by atoms with Crippen LogP contribution in [0.25, 0.3) is 0 Å². The van der Waals surface area contributed by atoms with Gasteiger partial charge in [0, 0.05) is 5.56 Å². The molecule has 0 aliphatic rings. The summed E-state index contributed by atoms with van der Waals surface area (Å²) in [5.74, 6) is 0.853. The van der Waals surface area contributed by atoms with Gasteiger partial charge in [-0.15, -0.1) is 0 Å². The third-order valence-electron chi connectivity index (χ3n) is 2.46. The summed E-state index contributed by atoms with van der Waals surface area (Å²) >= 11 is 3.34. The highest BCUT2D eigenvalue weighted by Gasteiger charge is 2.09. The number of rotatable bonds is 3. The van der Waals surface area contributed by atoms with Crippen LogP contribution in [-0.4, -0.2) is 18.0 Å². The summed E-state index contributed by atoms with van der Waals surface area (Å²) in [7, 11) is 1.57. The number of nitrogens with two attached hydrogens (primary N) is 1. The lowest BCUT2D eigenvalue weighted by Crippen LogP contribution is -2.12. The van der Waals surface area contributed by atoms with Crippen molar-refractivity contribution in [3.8, 4) is 5.75 Å². The van der Waals surface area contributed by atoms with Gasteiger partial charge in [-0.3, -0.25) is 4.79 Å². The average molecular weight is 322 g/mol. The van der Waals surface area contributed by atoms with Gasteiger partial charge in [-0.2, -0.15) is 0 Å². The molecule has 2 rings (SSSR count). The third-order valence-corrected chi connectivity index (χ3v) is 3.08. The van der Waals surface area contributed by atoms with E-state index < -0.39 is 0 Å². The molecule has 1 amide bonds. The van der Waals surface area contributed by atoms with E-state index in [1.54, 1.807) is 37.4 Å². The maximum Gasteiger partial charge on any atom is 0.255 e. The van der Waals surface area contributed by atoms with Gasteiger partial charge in [0.25, 0.3) is 5.91 Å². The van der Waals surface area contributed by atoms with Crippen LogP contribution in [0.5, 0.6) is 5.75 Å². The molecule has 0 saturated carbocycles. The number of amides is 1. The lowest BCUT2D eigenvalue weighted by Gasteiger charge is -2.07. The second-order valence-corrected chi connectivity index (χ2v) is 4.63. The van der Waals surface area contributed by atoms with E-state index >= 15 is 0 Å². The van der Waals surface area contributed by atoms with Gasteiger partial charge in [-0.1, -0.05) is 0 Å². The molecular formula is C13H12BrN3O2. The zero-order valence-corrected chi connectivity index (χ0v) is 11.8. The molecule has 0 radical (unpaired) electrons. The Hall–Kier alpha value is -2.08. The van der Waals surface area contributed by atoms with Gasteiger partial charge < -0.3 is 15.8 Å². The second kappa shape index (κ2) is 5.71. The monoisotopic (exact) mass is 321 g/mol. The Bertz CT molecular complexity index is 599. The number of halogens is 1. The predicted molar refractivity (Wildman–Crippen MR) is 77.3 cm³/mol. The molecule has 5 nitrogen and oxygen atoms in total. The molecule has 0 unspecified atom stereocenters. The molecule has 0 fully saturated rings. The number of carbonyl (C=O) groups is 1. The summed E-state index contributed by atoms with van der Waals surface area (Å²) in [6.07, 6.45) is 1.51. The summed E-state index contributed by atoms with van der Waals surface area (Å²) in [6.45, 7) is 0. The average Bonchev–Trinajstić information content (AvgIpc) is 2.41. The molecule has 2 aromatic rings. The Morgan fingerprint density at radius 2 is 2.16 bits per heavy atom. The van der Waals surface area contributed by atoms with Crippen molar-refractivity contribution in [2.24, 2.45) is 0 Å². The molecule has 98 valence electrons. The van der Waals surface area contributed by atoms with Crippen molar-refractivity contribution in [2.45, 2.75) is 0 Å². The predicted octanol–water partition coefficient (Wildman–Crippen LogP) is 2.69. The molecule has 0 aliphatic heterocycles. The molecule has 0 saturated heterocycles. The number of hydrogen-bond acceptors (Lipinski definition) is 4. The number of pyridine rings is 1. The van der Waals surface area contributed by atoms with Gasteiger partial charge in [0.05, 0.1) is 23.5 Å². The Morgan fingerprint density at radius 3 is 2.74 bits per heavy atom. The summed E-state index contributed by atoms with van der Waals surface area (Å²) in [4.78, 5) is 15.9. The Labute approximate surface area is 118 Å². The summed E-state index contributed by atoms with van der Waals surface area (Å²) in [5.41, 5.74) is 6.58. The molecule has 0 bridgehead atoms. The van der Waals surface area contributed by atoms with Crippen LogP contribution in [0.15, 0.2) is 41.0 Å². The van der Waals surface area contributed by atoms with Crippen LogP contribution in [0.3, 0.4) is 0 Å². The van der Waals surface area contributed by atoms with E-state index in [9.17, 15) is 4.79 Å². The van der Waals surface area contributed by atoms with E-state index in [1.807, 2.05) is 0 Å². The second-order valence-electron chi connectivity index (χ2n) is 3.78. The molecule has 0 aliphatic carbocycles. The fourth-order valence-corrected chi connectivity index (χ4v) is 2.03. The highest BCUT2D eigenvalue weighted by molar-refractivity contribution is 9.10. The molecule has 6 heteroatoms. The molecule has 0 atom stereocenters. The normalized spacial score (nSPS) is 10.0. The number of nitrogens with zero attached hydrogens (tertiary/aromatic N) is 1.